The van der Waals surface area contributed by atoms with Crippen molar-refractivity contribution in [2.75, 3.05) is 0 Å². The fourth-order valence-electron chi connectivity index (χ4n) is 1.89. The van der Waals surface area contributed by atoms with Crippen molar-refractivity contribution >= 4 is 41.2 Å². The van der Waals surface area contributed by atoms with E-state index in [1.54, 1.807) is 30.3 Å². The average molecular weight is 323 g/mol. The number of furan rings is 1. The van der Waals surface area contributed by atoms with Gasteiger partial charge in [-0.1, -0.05) is 23.2 Å². The summed E-state index contributed by atoms with van der Waals surface area (Å²) in [5.41, 5.74) is 0.770. The average Bonchev–Trinajstić information content (AvgIpc) is 3.00. The summed E-state index contributed by atoms with van der Waals surface area (Å²) in [6, 6.07) is 7.85. The second-order valence-corrected chi connectivity index (χ2v) is 5.14. The summed E-state index contributed by atoms with van der Waals surface area (Å²) in [5.74, 6) is 0.422. The summed E-state index contributed by atoms with van der Waals surface area (Å²) in [5, 5.41) is 5.52. The standard InChI is InChI=1S/C14H8Cl2N2O3/c15-7-1-3-10(16)9(5-7)12-4-2-8(21-12)6-11-13(19)18-14(20)17-11/h1-6H,(H2,17,18,19,20)/b11-6+. The molecule has 0 bridgehead atoms. The van der Waals surface area contributed by atoms with Gasteiger partial charge in [0.15, 0.2) is 0 Å². The van der Waals surface area contributed by atoms with Gasteiger partial charge in [-0.15, -0.1) is 0 Å². The Morgan fingerprint density at radius 3 is 2.57 bits per heavy atom. The number of amides is 3. The van der Waals surface area contributed by atoms with Crippen LogP contribution in [0.3, 0.4) is 0 Å². The van der Waals surface area contributed by atoms with E-state index >= 15 is 0 Å². The van der Waals surface area contributed by atoms with Gasteiger partial charge in [-0.2, -0.15) is 0 Å². The fourth-order valence-corrected chi connectivity index (χ4v) is 2.27. The van der Waals surface area contributed by atoms with Crippen LogP contribution in [0, 0.1) is 0 Å². The number of hydrogen-bond donors (Lipinski definition) is 2. The van der Waals surface area contributed by atoms with Gasteiger partial charge in [-0.05, 0) is 30.3 Å². The van der Waals surface area contributed by atoms with Gasteiger partial charge in [0.05, 0.1) is 5.02 Å². The van der Waals surface area contributed by atoms with Crippen molar-refractivity contribution in [1.82, 2.24) is 10.6 Å². The Morgan fingerprint density at radius 1 is 1.05 bits per heavy atom. The molecule has 0 radical (unpaired) electrons. The van der Waals surface area contributed by atoms with Gasteiger partial charge in [0.1, 0.15) is 17.2 Å². The third-order valence-electron chi connectivity index (χ3n) is 2.83. The number of rotatable bonds is 2. The maximum Gasteiger partial charge on any atom is 0.326 e. The Bertz CT molecular complexity index is 780. The minimum atomic E-state index is -0.559. The molecule has 0 unspecified atom stereocenters. The number of benzene rings is 1. The molecule has 1 aliphatic rings. The minimum Gasteiger partial charge on any atom is -0.457 e. The molecule has 106 valence electrons. The molecule has 7 heteroatoms. The molecule has 1 saturated heterocycles. The SMILES string of the molecule is O=C1NC(=O)/C(=C\c2ccc(-c3cc(Cl)ccc3Cl)o2)N1. The van der Waals surface area contributed by atoms with Crippen LogP contribution in [-0.4, -0.2) is 11.9 Å². The van der Waals surface area contributed by atoms with Crippen LogP contribution in [0.2, 0.25) is 10.0 Å². The van der Waals surface area contributed by atoms with E-state index in [1.807, 2.05) is 0 Å². The van der Waals surface area contributed by atoms with Gasteiger partial charge < -0.3 is 9.73 Å². The van der Waals surface area contributed by atoms with Crippen LogP contribution in [-0.2, 0) is 4.79 Å². The van der Waals surface area contributed by atoms with Crippen molar-refractivity contribution in [3.05, 3.63) is 51.8 Å². The van der Waals surface area contributed by atoms with E-state index in [-0.39, 0.29) is 5.70 Å². The molecule has 1 fully saturated rings. The number of imide groups is 1. The highest BCUT2D eigenvalue weighted by atomic mass is 35.5. The zero-order valence-electron chi connectivity index (χ0n) is 10.4. The smallest absolute Gasteiger partial charge is 0.326 e. The highest BCUT2D eigenvalue weighted by Gasteiger charge is 2.23. The van der Waals surface area contributed by atoms with Crippen LogP contribution < -0.4 is 10.6 Å². The first kappa shape index (κ1) is 13.7. The van der Waals surface area contributed by atoms with Crippen molar-refractivity contribution in [2.24, 2.45) is 0 Å². The van der Waals surface area contributed by atoms with Crippen LogP contribution in [0.4, 0.5) is 4.79 Å². The lowest BCUT2D eigenvalue weighted by molar-refractivity contribution is -0.115. The number of nitrogens with one attached hydrogen (secondary N) is 2. The largest absolute Gasteiger partial charge is 0.457 e. The Hall–Kier alpha value is -2.24. The van der Waals surface area contributed by atoms with E-state index in [9.17, 15) is 9.59 Å². The Kier molecular flexibility index (Phi) is 3.45. The molecule has 21 heavy (non-hydrogen) atoms. The van der Waals surface area contributed by atoms with Crippen molar-refractivity contribution in [3.63, 3.8) is 0 Å². The molecular formula is C14H8Cl2N2O3. The lowest BCUT2D eigenvalue weighted by atomic mass is 10.2. The molecule has 3 rings (SSSR count). The molecule has 0 saturated carbocycles. The van der Waals surface area contributed by atoms with Crippen LogP contribution in [0.15, 0.2) is 40.4 Å². The highest BCUT2D eigenvalue weighted by molar-refractivity contribution is 6.35. The quantitative estimate of drug-likeness (QED) is 0.657. The number of halogens is 2. The highest BCUT2D eigenvalue weighted by Crippen LogP contribution is 2.32. The van der Waals surface area contributed by atoms with E-state index in [0.29, 0.717) is 27.1 Å². The van der Waals surface area contributed by atoms with Gasteiger partial charge in [0, 0.05) is 16.7 Å². The summed E-state index contributed by atoms with van der Waals surface area (Å²) < 4.78 is 5.60. The number of hydrogen-bond acceptors (Lipinski definition) is 3. The Labute approximate surface area is 129 Å². The van der Waals surface area contributed by atoms with E-state index < -0.39 is 11.9 Å². The van der Waals surface area contributed by atoms with E-state index in [1.165, 1.54) is 6.08 Å². The zero-order chi connectivity index (χ0) is 15.0. The summed E-state index contributed by atoms with van der Waals surface area (Å²) >= 11 is 12.0. The number of carbonyl (C=O) groups excluding carboxylic acids is 2. The third-order valence-corrected chi connectivity index (χ3v) is 3.39. The summed E-state index contributed by atoms with van der Waals surface area (Å²) in [6.07, 6.45) is 1.43. The molecule has 5 nitrogen and oxygen atoms in total. The monoisotopic (exact) mass is 322 g/mol. The summed E-state index contributed by atoms with van der Waals surface area (Å²) in [6.45, 7) is 0. The molecule has 2 N–H and O–H groups in total. The van der Waals surface area contributed by atoms with Crippen molar-refractivity contribution in [3.8, 4) is 11.3 Å². The third kappa shape index (κ3) is 2.79. The second kappa shape index (κ2) is 5.27. The van der Waals surface area contributed by atoms with Crippen LogP contribution >= 0.6 is 23.2 Å². The van der Waals surface area contributed by atoms with Gasteiger partial charge in [-0.3, -0.25) is 10.1 Å². The lowest BCUT2D eigenvalue weighted by Crippen LogP contribution is -2.22. The first-order valence-electron chi connectivity index (χ1n) is 5.92. The van der Waals surface area contributed by atoms with Crippen LogP contribution in [0.25, 0.3) is 17.4 Å². The van der Waals surface area contributed by atoms with E-state index in [0.717, 1.165) is 0 Å². The molecule has 0 spiro atoms. The summed E-state index contributed by atoms with van der Waals surface area (Å²) in [7, 11) is 0. The molecule has 2 aromatic rings. The maximum absolute atomic E-state index is 11.4. The van der Waals surface area contributed by atoms with Crippen molar-refractivity contribution < 1.29 is 14.0 Å². The minimum absolute atomic E-state index is 0.123. The van der Waals surface area contributed by atoms with Gasteiger partial charge in [0.2, 0.25) is 0 Å². The predicted molar refractivity (Wildman–Crippen MR) is 78.8 cm³/mol. The van der Waals surface area contributed by atoms with Crippen molar-refractivity contribution in [1.29, 1.82) is 0 Å². The fraction of sp³-hybridized carbons (Fsp3) is 0. The normalized spacial score (nSPS) is 16.2. The first-order chi connectivity index (χ1) is 10.0. The molecule has 2 heterocycles. The van der Waals surface area contributed by atoms with Crippen LogP contribution in [0.5, 0.6) is 0 Å². The van der Waals surface area contributed by atoms with Crippen molar-refractivity contribution in [2.45, 2.75) is 0 Å². The van der Waals surface area contributed by atoms with Crippen LogP contribution in [0.1, 0.15) is 5.76 Å². The maximum atomic E-state index is 11.4. The Morgan fingerprint density at radius 2 is 1.86 bits per heavy atom. The van der Waals surface area contributed by atoms with E-state index in [4.69, 9.17) is 27.6 Å². The predicted octanol–water partition coefficient (Wildman–Crippen LogP) is 3.43. The zero-order valence-corrected chi connectivity index (χ0v) is 12.0. The Balaban J connectivity index is 1.94. The molecule has 1 aromatic heterocycles. The summed E-state index contributed by atoms with van der Waals surface area (Å²) in [4.78, 5) is 22.4. The van der Waals surface area contributed by atoms with E-state index in [2.05, 4.69) is 10.6 Å². The van der Waals surface area contributed by atoms with Gasteiger partial charge >= 0.3 is 6.03 Å². The molecule has 1 aliphatic heterocycles. The second-order valence-electron chi connectivity index (χ2n) is 4.29. The molecule has 3 amide bonds. The van der Waals surface area contributed by atoms with Gasteiger partial charge in [-0.25, -0.2) is 4.79 Å². The number of carbonyl (C=O) groups is 2. The molecular weight excluding hydrogens is 315 g/mol. The lowest BCUT2D eigenvalue weighted by Gasteiger charge is -2.01. The number of urea groups is 1. The molecule has 0 aliphatic carbocycles. The topological polar surface area (TPSA) is 71.3 Å². The molecule has 1 aromatic carbocycles. The molecule has 0 atom stereocenters. The van der Waals surface area contributed by atoms with Gasteiger partial charge in [0.25, 0.3) is 5.91 Å². The first-order valence-corrected chi connectivity index (χ1v) is 6.68.